The van der Waals surface area contributed by atoms with Crippen molar-refractivity contribution < 1.29 is 26.8 Å². The molecule has 0 aliphatic heterocycles. The van der Waals surface area contributed by atoms with Crippen LogP contribution in [0.4, 0.5) is 14.5 Å². The number of amides is 1. The van der Waals surface area contributed by atoms with Crippen LogP contribution in [0, 0.1) is 11.6 Å². The van der Waals surface area contributed by atoms with E-state index >= 15 is 0 Å². The van der Waals surface area contributed by atoms with Crippen molar-refractivity contribution in [1.29, 1.82) is 0 Å². The number of rotatable bonds is 5. The van der Waals surface area contributed by atoms with Gasteiger partial charge in [-0.1, -0.05) is 4.85 Å². The molecule has 0 radical (unpaired) electrons. The van der Waals surface area contributed by atoms with E-state index < -0.39 is 34.0 Å². The molecule has 0 aliphatic rings. The van der Waals surface area contributed by atoms with Gasteiger partial charge in [0.1, 0.15) is 11.0 Å². The maximum absolute atomic E-state index is 13.1. The van der Waals surface area contributed by atoms with Crippen molar-refractivity contribution in [1.82, 2.24) is 15.2 Å². The van der Waals surface area contributed by atoms with Crippen molar-refractivity contribution in [2.75, 3.05) is 18.2 Å². The van der Waals surface area contributed by atoms with Gasteiger partial charge in [-0.3, -0.25) is 4.79 Å². The molecule has 1 N–H and O–H groups in total. The third kappa shape index (κ3) is 3.77. The smallest absolute Gasteiger partial charge is 0.265 e. The Morgan fingerprint density at radius 1 is 1.19 bits per heavy atom. The molecule has 3 aromatic rings. The fraction of sp³-hybridized carbons (Fsp3) is 0.133. The molecule has 0 saturated heterocycles. The minimum absolute atomic E-state index is 0.0448. The molecular formula is C15H12F2N4O4S. The van der Waals surface area contributed by atoms with Gasteiger partial charge in [0.25, 0.3) is 5.91 Å². The number of carbonyl (C=O) groups is 1. The normalized spacial score (nSPS) is 11.5. The third-order valence-electron chi connectivity index (χ3n) is 3.34. The minimum atomic E-state index is -3.44. The first-order chi connectivity index (χ1) is 12.2. The van der Waals surface area contributed by atoms with Gasteiger partial charge in [0.15, 0.2) is 28.1 Å². The van der Waals surface area contributed by atoms with Gasteiger partial charge >= 0.3 is 0 Å². The highest BCUT2D eigenvalue weighted by molar-refractivity contribution is 7.90. The Morgan fingerprint density at radius 2 is 1.96 bits per heavy atom. The summed E-state index contributed by atoms with van der Waals surface area (Å²) in [4.78, 5) is 18.0. The molecule has 11 heteroatoms. The molecule has 26 heavy (non-hydrogen) atoms. The summed E-state index contributed by atoms with van der Waals surface area (Å²) in [5, 5.41) is 9.81. The van der Waals surface area contributed by atoms with Gasteiger partial charge in [-0.2, -0.15) is 0 Å². The lowest BCUT2D eigenvalue weighted by Gasteiger charge is -2.07. The standard InChI is InChI=1S/C15H12F2N4O4S/c1-26(23,24)10-3-5-13-14(7-10)21(20-19-13)25-8-15(22)18-9-2-4-11(16)12(17)6-9/h2-7H,8H2,1H3,(H,18,22). The van der Waals surface area contributed by atoms with Crippen LogP contribution in [0.15, 0.2) is 41.3 Å². The highest BCUT2D eigenvalue weighted by atomic mass is 32.2. The highest BCUT2D eigenvalue weighted by Crippen LogP contribution is 2.17. The second-order valence-electron chi connectivity index (χ2n) is 5.34. The zero-order chi connectivity index (χ0) is 18.9. The molecule has 0 atom stereocenters. The zero-order valence-corrected chi connectivity index (χ0v) is 14.1. The maximum atomic E-state index is 13.1. The monoisotopic (exact) mass is 382 g/mol. The molecule has 3 rings (SSSR count). The number of sulfone groups is 1. The van der Waals surface area contributed by atoms with Crippen LogP contribution in [0.1, 0.15) is 0 Å². The summed E-state index contributed by atoms with van der Waals surface area (Å²) in [6.07, 6.45) is 1.05. The van der Waals surface area contributed by atoms with E-state index in [2.05, 4.69) is 15.6 Å². The fourth-order valence-corrected chi connectivity index (χ4v) is 2.74. The first kappa shape index (κ1) is 17.7. The Labute approximate surface area is 146 Å². The second kappa shape index (κ2) is 6.67. The molecule has 0 fully saturated rings. The van der Waals surface area contributed by atoms with E-state index in [1.807, 2.05) is 0 Å². The Morgan fingerprint density at radius 3 is 2.65 bits per heavy atom. The van der Waals surface area contributed by atoms with Crippen LogP contribution in [0.2, 0.25) is 0 Å². The van der Waals surface area contributed by atoms with E-state index in [9.17, 15) is 22.0 Å². The minimum Gasteiger partial charge on any atom is -0.385 e. The van der Waals surface area contributed by atoms with Gasteiger partial charge in [-0.25, -0.2) is 17.2 Å². The Hall–Kier alpha value is -3.08. The van der Waals surface area contributed by atoms with Crippen molar-refractivity contribution in [3.8, 4) is 0 Å². The number of nitrogens with one attached hydrogen (secondary N) is 1. The summed E-state index contributed by atoms with van der Waals surface area (Å²) < 4.78 is 49.2. The average molecular weight is 382 g/mol. The number of nitrogens with zero attached hydrogens (tertiary/aromatic N) is 3. The molecule has 0 aliphatic carbocycles. The van der Waals surface area contributed by atoms with E-state index in [0.29, 0.717) is 5.52 Å². The summed E-state index contributed by atoms with van der Waals surface area (Å²) in [5.41, 5.74) is 0.687. The number of anilines is 1. The summed E-state index contributed by atoms with van der Waals surface area (Å²) in [6, 6.07) is 7.06. The zero-order valence-electron chi connectivity index (χ0n) is 13.3. The van der Waals surface area contributed by atoms with Crippen molar-refractivity contribution in [2.45, 2.75) is 4.90 Å². The van der Waals surface area contributed by atoms with Crippen LogP contribution in [0.3, 0.4) is 0 Å². The SMILES string of the molecule is CS(=O)(=O)c1ccc2nnn(OCC(=O)Nc3ccc(F)c(F)c3)c2c1. The van der Waals surface area contributed by atoms with Crippen LogP contribution in [0.25, 0.3) is 11.0 Å². The molecule has 8 nitrogen and oxygen atoms in total. The van der Waals surface area contributed by atoms with Crippen molar-refractivity contribution in [3.05, 3.63) is 48.0 Å². The highest BCUT2D eigenvalue weighted by Gasteiger charge is 2.13. The number of carbonyl (C=O) groups excluding carboxylic acids is 1. The quantitative estimate of drug-likeness (QED) is 0.711. The van der Waals surface area contributed by atoms with Crippen LogP contribution in [-0.2, 0) is 14.6 Å². The number of hydrogen-bond donors (Lipinski definition) is 1. The molecule has 1 amide bonds. The molecule has 2 aromatic carbocycles. The summed E-state index contributed by atoms with van der Waals surface area (Å²) in [5.74, 6) is -2.78. The van der Waals surface area contributed by atoms with Crippen LogP contribution < -0.4 is 10.2 Å². The Bertz CT molecular complexity index is 1100. The van der Waals surface area contributed by atoms with E-state index in [0.717, 1.165) is 23.2 Å². The summed E-state index contributed by atoms with van der Waals surface area (Å²) in [6.45, 7) is -0.513. The number of fused-ring (bicyclic) bond motifs is 1. The number of benzene rings is 2. The largest absolute Gasteiger partial charge is 0.385 e. The summed E-state index contributed by atoms with van der Waals surface area (Å²) >= 11 is 0. The predicted octanol–water partition coefficient (Wildman–Crippen LogP) is 1.18. The van der Waals surface area contributed by atoms with Crippen LogP contribution in [0.5, 0.6) is 0 Å². The lowest BCUT2D eigenvalue weighted by molar-refractivity contribution is -0.121. The maximum Gasteiger partial charge on any atom is 0.265 e. The first-order valence-electron chi connectivity index (χ1n) is 7.18. The lowest BCUT2D eigenvalue weighted by atomic mass is 10.3. The van der Waals surface area contributed by atoms with Gasteiger partial charge in [-0.05, 0) is 35.5 Å². The number of hydrogen-bond acceptors (Lipinski definition) is 6. The Balaban J connectivity index is 1.72. The molecule has 0 spiro atoms. The molecule has 136 valence electrons. The van der Waals surface area contributed by atoms with Gasteiger partial charge in [0.05, 0.1) is 4.90 Å². The van der Waals surface area contributed by atoms with E-state index in [1.165, 1.54) is 24.3 Å². The molecule has 0 bridgehead atoms. The predicted molar refractivity (Wildman–Crippen MR) is 87.1 cm³/mol. The van der Waals surface area contributed by atoms with E-state index in [4.69, 9.17) is 4.84 Å². The van der Waals surface area contributed by atoms with Crippen molar-refractivity contribution in [3.63, 3.8) is 0 Å². The average Bonchev–Trinajstić information content (AvgIpc) is 2.98. The van der Waals surface area contributed by atoms with Gasteiger partial charge in [0.2, 0.25) is 0 Å². The molecule has 1 heterocycles. The third-order valence-corrected chi connectivity index (χ3v) is 4.45. The van der Waals surface area contributed by atoms with Crippen LogP contribution >= 0.6 is 0 Å². The van der Waals surface area contributed by atoms with Crippen molar-refractivity contribution in [2.24, 2.45) is 0 Å². The Kier molecular flexibility index (Phi) is 4.55. The summed E-state index contributed by atoms with van der Waals surface area (Å²) in [7, 11) is -3.44. The van der Waals surface area contributed by atoms with Gasteiger partial charge in [0, 0.05) is 18.0 Å². The molecule has 0 saturated carbocycles. The molecular weight excluding hydrogens is 370 g/mol. The molecule has 1 aromatic heterocycles. The second-order valence-corrected chi connectivity index (χ2v) is 7.35. The fourth-order valence-electron chi connectivity index (χ4n) is 2.09. The van der Waals surface area contributed by atoms with Gasteiger partial charge < -0.3 is 10.2 Å². The lowest BCUT2D eigenvalue weighted by Crippen LogP contribution is -2.26. The van der Waals surface area contributed by atoms with E-state index in [-0.39, 0.29) is 16.1 Å². The van der Waals surface area contributed by atoms with Gasteiger partial charge in [-0.15, -0.1) is 5.10 Å². The molecule has 0 unspecified atom stereocenters. The van der Waals surface area contributed by atoms with Crippen LogP contribution in [-0.4, -0.2) is 42.3 Å². The number of aromatic nitrogens is 3. The number of halogens is 2. The van der Waals surface area contributed by atoms with E-state index in [1.54, 1.807) is 0 Å². The first-order valence-corrected chi connectivity index (χ1v) is 9.07. The topological polar surface area (TPSA) is 103 Å². The van der Waals surface area contributed by atoms with Crippen molar-refractivity contribution >= 4 is 32.5 Å².